The van der Waals surface area contributed by atoms with Crippen LogP contribution in [0.25, 0.3) is 0 Å². The van der Waals surface area contributed by atoms with Crippen LogP contribution in [-0.4, -0.2) is 25.0 Å². The fraction of sp³-hybridized carbons (Fsp3) is 0.200. The van der Waals surface area contributed by atoms with Crippen LogP contribution in [0.5, 0.6) is 0 Å². The normalized spacial score (nSPS) is 13.3. The summed E-state index contributed by atoms with van der Waals surface area (Å²) in [7, 11) is 0. The first-order chi connectivity index (χ1) is 15.6. The zero-order chi connectivity index (χ0) is 22.3. The molecular formula is C25H25FN4O2. The summed E-state index contributed by atoms with van der Waals surface area (Å²) in [4.78, 5) is 27.4. The molecule has 0 aliphatic carbocycles. The third-order valence-corrected chi connectivity index (χ3v) is 5.32. The maximum atomic E-state index is 13.4. The lowest BCUT2D eigenvalue weighted by Gasteiger charge is -2.31. The number of amides is 3. The number of anilines is 4. The molecule has 6 nitrogen and oxygen atoms in total. The number of piperidine rings is 1. The minimum Gasteiger partial charge on any atom is -0.370 e. The predicted octanol–water partition coefficient (Wildman–Crippen LogP) is 5.71. The molecular weight excluding hydrogens is 407 g/mol. The molecule has 4 rings (SSSR count). The monoisotopic (exact) mass is 432 g/mol. The van der Waals surface area contributed by atoms with Gasteiger partial charge in [-0.25, -0.2) is 9.18 Å². The Morgan fingerprint density at radius 1 is 0.750 bits per heavy atom. The van der Waals surface area contributed by atoms with Gasteiger partial charge in [0.1, 0.15) is 5.82 Å². The molecule has 0 saturated carbocycles. The number of hydrogen-bond donors (Lipinski definition) is 3. The van der Waals surface area contributed by atoms with E-state index >= 15 is 0 Å². The molecule has 3 aromatic carbocycles. The number of halogens is 1. The van der Waals surface area contributed by atoms with Crippen LogP contribution in [0, 0.1) is 5.82 Å². The van der Waals surface area contributed by atoms with Gasteiger partial charge in [0.15, 0.2) is 0 Å². The maximum Gasteiger partial charge on any atom is 0.323 e. The molecule has 1 saturated heterocycles. The summed E-state index contributed by atoms with van der Waals surface area (Å²) < 4.78 is 13.4. The van der Waals surface area contributed by atoms with E-state index in [1.165, 1.54) is 24.6 Å². The third-order valence-electron chi connectivity index (χ3n) is 5.32. The Bertz CT molecular complexity index is 1100. The van der Waals surface area contributed by atoms with Crippen molar-refractivity contribution in [2.75, 3.05) is 33.9 Å². The molecule has 1 aliphatic heterocycles. The Hall–Kier alpha value is -3.87. The van der Waals surface area contributed by atoms with Crippen LogP contribution >= 0.6 is 0 Å². The van der Waals surface area contributed by atoms with Gasteiger partial charge in [-0.1, -0.05) is 24.3 Å². The van der Waals surface area contributed by atoms with Gasteiger partial charge in [0, 0.05) is 30.0 Å². The number of nitrogens with one attached hydrogen (secondary N) is 3. The lowest BCUT2D eigenvalue weighted by molar-refractivity contribution is 0.102. The summed E-state index contributed by atoms with van der Waals surface area (Å²) in [5.41, 5.74) is 2.94. The number of nitrogens with zero attached hydrogens (tertiary/aromatic N) is 1. The Morgan fingerprint density at radius 3 is 2.25 bits per heavy atom. The van der Waals surface area contributed by atoms with Gasteiger partial charge in [-0.15, -0.1) is 0 Å². The van der Waals surface area contributed by atoms with Crippen LogP contribution in [0.1, 0.15) is 29.6 Å². The number of rotatable bonds is 5. The van der Waals surface area contributed by atoms with Crippen LogP contribution in [-0.2, 0) is 0 Å². The van der Waals surface area contributed by atoms with Crippen LogP contribution in [0.3, 0.4) is 0 Å². The number of carbonyl (C=O) groups is 2. The average Bonchev–Trinajstić information content (AvgIpc) is 2.80. The van der Waals surface area contributed by atoms with Gasteiger partial charge in [-0.05, 0) is 67.8 Å². The number of benzene rings is 3. The molecule has 3 amide bonds. The SMILES string of the molecule is O=C(Nc1cccc(F)c1)Nc1cc(NC(=O)c2ccccc2)ccc1N1CCCCC1. The minimum absolute atomic E-state index is 0.230. The Balaban J connectivity index is 1.55. The number of urea groups is 1. The van der Waals surface area contributed by atoms with Crippen LogP contribution in [0.2, 0.25) is 0 Å². The summed E-state index contributed by atoms with van der Waals surface area (Å²) in [6, 6.07) is 19.7. The van der Waals surface area contributed by atoms with Crippen LogP contribution in [0.4, 0.5) is 31.9 Å². The average molecular weight is 432 g/mol. The van der Waals surface area contributed by atoms with E-state index in [0.29, 0.717) is 22.6 Å². The summed E-state index contributed by atoms with van der Waals surface area (Å²) in [5, 5.41) is 8.40. The standard InChI is InChI=1S/C25H25FN4O2/c26-19-10-7-11-20(16-19)28-25(32)29-22-17-21(27-24(31)18-8-3-1-4-9-18)12-13-23(22)30-14-5-2-6-15-30/h1,3-4,7-13,16-17H,2,5-6,14-15H2,(H,27,31)(H2,28,29,32). The van der Waals surface area contributed by atoms with Crippen molar-refractivity contribution in [1.82, 2.24) is 0 Å². The molecule has 0 unspecified atom stereocenters. The van der Waals surface area contributed by atoms with Crippen LogP contribution in [0.15, 0.2) is 72.8 Å². The largest absolute Gasteiger partial charge is 0.370 e. The van der Waals surface area contributed by atoms with Gasteiger partial charge in [-0.2, -0.15) is 0 Å². The minimum atomic E-state index is -0.486. The fourth-order valence-corrected chi connectivity index (χ4v) is 3.77. The van der Waals surface area contributed by atoms with E-state index in [1.54, 1.807) is 36.4 Å². The molecule has 0 radical (unpaired) electrons. The van der Waals surface area contributed by atoms with Gasteiger partial charge in [0.05, 0.1) is 11.4 Å². The predicted molar refractivity (Wildman–Crippen MR) is 126 cm³/mol. The van der Waals surface area contributed by atoms with Gasteiger partial charge >= 0.3 is 6.03 Å². The molecule has 0 aromatic heterocycles. The molecule has 0 atom stereocenters. The second kappa shape index (κ2) is 9.96. The highest BCUT2D eigenvalue weighted by molar-refractivity contribution is 6.06. The lowest BCUT2D eigenvalue weighted by Crippen LogP contribution is -2.31. The van der Waals surface area contributed by atoms with Crippen molar-refractivity contribution in [3.8, 4) is 0 Å². The quantitative estimate of drug-likeness (QED) is 0.483. The molecule has 0 spiro atoms. The molecule has 0 bridgehead atoms. The summed E-state index contributed by atoms with van der Waals surface area (Å²) in [5.74, 6) is -0.658. The smallest absolute Gasteiger partial charge is 0.323 e. The Morgan fingerprint density at radius 2 is 1.50 bits per heavy atom. The molecule has 3 N–H and O–H groups in total. The van der Waals surface area contributed by atoms with Crippen molar-refractivity contribution in [3.05, 3.63) is 84.2 Å². The maximum absolute atomic E-state index is 13.4. The fourth-order valence-electron chi connectivity index (χ4n) is 3.77. The van der Waals surface area contributed by atoms with E-state index in [4.69, 9.17) is 0 Å². The van der Waals surface area contributed by atoms with E-state index in [0.717, 1.165) is 31.6 Å². The van der Waals surface area contributed by atoms with E-state index < -0.39 is 11.8 Å². The van der Waals surface area contributed by atoms with E-state index in [-0.39, 0.29) is 5.91 Å². The lowest BCUT2D eigenvalue weighted by atomic mass is 10.1. The highest BCUT2D eigenvalue weighted by Gasteiger charge is 2.17. The zero-order valence-corrected chi connectivity index (χ0v) is 17.6. The van der Waals surface area contributed by atoms with Crippen molar-refractivity contribution in [1.29, 1.82) is 0 Å². The van der Waals surface area contributed by atoms with E-state index in [9.17, 15) is 14.0 Å². The number of carbonyl (C=O) groups excluding carboxylic acids is 2. The summed E-state index contributed by atoms with van der Waals surface area (Å²) in [6.45, 7) is 1.80. The molecule has 3 aromatic rings. The van der Waals surface area contributed by atoms with Gasteiger partial charge in [-0.3, -0.25) is 4.79 Å². The van der Waals surface area contributed by atoms with Crippen molar-refractivity contribution < 1.29 is 14.0 Å². The van der Waals surface area contributed by atoms with Crippen molar-refractivity contribution in [3.63, 3.8) is 0 Å². The first-order valence-corrected chi connectivity index (χ1v) is 10.7. The summed E-state index contributed by atoms with van der Waals surface area (Å²) >= 11 is 0. The van der Waals surface area contributed by atoms with Gasteiger partial charge < -0.3 is 20.9 Å². The number of hydrogen-bond acceptors (Lipinski definition) is 3. The first-order valence-electron chi connectivity index (χ1n) is 10.7. The highest BCUT2D eigenvalue weighted by Crippen LogP contribution is 2.32. The van der Waals surface area contributed by atoms with Crippen molar-refractivity contribution >= 4 is 34.7 Å². The zero-order valence-electron chi connectivity index (χ0n) is 17.6. The molecule has 1 heterocycles. The molecule has 164 valence electrons. The van der Waals surface area contributed by atoms with E-state index in [1.807, 2.05) is 18.2 Å². The Kier molecular flexibility index (Phi) is 6.65. The van der Waals surface area contributed by atoms with Gasteiger partial charge in [0.2, 0.25) is 0 Å². The second-order valence-electron chi connectivity index (χ2n) is 7.69. The molecule has 1 aliphatic rings. The van der Waals surface area contributed by atoms with Crippen molar-refractivity contribution in [2.24, 2.45) is 0 Å². The summed E-state index contributed by atoms with van der Waals surface area (Å²) in [6.07, 6.45) is 3.35. The Labute approximate surface area is 186 Å². The molecule has 7 heteroatoms. The van der Waals surface area contributed by atoms with Gasteiger partial charge in [0.25, 0.3) is 5.91 Å². The third kappa shape index (κ3) is 5.43. The first kappa shape index (κ1) is 21.4. The van der Waals surface area contributed by atoms with Crippen LogP contribution < -0.4 is 20.9 Å². The highest BCUT2D eigenvalue weighted by atomic mass is 19.1. The van der Waals surface area contributed by atoms with E-state index in [2.05, 4.69) is 20.9 Å². The molecule has 1 fully saturated rings. The van der Waals surface area contributed by atoms with Crippen molar-refractivity contribution in [2.45, 2.75) is 19.3 Å². The molecule has 32 heavy (non-hydrogen) atoms. The second-order valence-corrected chi connectivity index (χ2v) is 7.69. The topological polar surface area (TPSA) is 73.5 Å².